The largest absolute Gasteiger partial charge is 0.460 e. The highest BCUT2D eigenvalue weighted by Gasteiger charge is 2.46. The molecule has 0 bridgehead atoms. The van der Waals surface area contributed by atoms with Crippen LogP contribution in [0.15, 0.2) is 35.1 Å². The lowest BCUT2D eigenvalue weighted by Crippen LogP contribution is -2.47. The second-order valence-electron chi connectivity index (χ2n) is 8.27. The van der Waals surface area contributed by atoms with E-state index in [1.165, 1.54) is 0 Å². The van der Waals surface area contributed by atoms with Gasteiger partial charge in [-0.25, -0.2) is 4.98 Å². The molecule has 0 saturated carbocycles. The Morgan fingerprint density at radius 1 is 1.29 bits per heavy atom. The predicted octanol–water partition coefficient (Wildman–Crippen LogP) is 3.81. The lowest BCUT2D eigenvalue weighted by molar-refractivity contribution is -0.156. The first-order valence-electron chi connectivity index (χ1n) is 10.6. The van der Waals surface area contributed by atoms with E-state index in [-0.39, 0.29) is 17.5 Å². The zero-order valence-electron chi connectivity index (χ0n) is 17.4. The zero-order valence-corrected chi connectivity index (χ0v) is 18.2. The van der Waals surface area contributed by atoms with Crippen LogP contribution in [0, 0.1) is 0 Å². The van der Waals surface area contributed by atoms with Crippen LogP contribution in [0.4, 0.5) is 0 Å². The van der Waals surface area contributed by atoms with Crippen molar-refractivity contribution in [2.75, 3.05) is 6.61 Å². The number of hydrogen-bond acceptors (Lipinski definition) is 5. The van der Waals surface area contributed by atoms with E-state index in [9.17, 15) is 14.7 Å². The van der Waals surface area contributed by atoms with Gasteiger partial charge in [-0.1, -0.05) is 32.0 Å². The highest BCUT2D eigenvalue weighted by Crippen LogP contribution is 2.40. The minimum atomic E-state index is -1.23. The van der Waals surface area contributed by atoms with Gasteiger partial charge in [0.1, 0.15) is 12.0 Å². The van der Waals surface area contributed by atoms with Gasteiger partial charge in [-0.2, -0.15) is 0 Å². The first-order valence-corrected chi connectivity index (χ1v) is 11.0. The van der Waals surface area contributed by atoms with Crippen LogP contribution >= 0.6 is 11.6 Å². The molecule has 31 heavy (non-hydrogen) atoms. The average Bonchev–Trinajstić information content (AvgIpc) is 3.15. The number of nitrogens with zero attached hydrogens (tertiary/aromatic N) is 2. The van der Waals surface area contributed by atoms with Crippen molar-refractivity contribution in [3.63, 3.8) is 0 Å². The maximum atomic E-state index is 13.4. The maximum Gasteiger partial charge on any atom is 0.319 e. The van der Waals surface area contributed by atoms with Crippen molar-refractivity contribution in [2.45, 2.75) is 50.6 Å². The Hall–Kier alpha value is -2.70. The van der Waals surface area contributed by atoms with Crippen LogP contribution in [0.2, 0.25) is 0 Å². The van der Waals surface area contributed by atoms with Gasteiger partial charge in [0, 0.05) is 10.9 Å². The molecule has 7 heteroatoms. The average molecular weight is 439 g/mol. The first-order chi connectivity index (χ1) is 14.9. The van der Waals surface area contributed by atoms with Gasteiger partial charge < -0.3 is 14.4 Å². The molecule has 5 rings (SSSR count). The predicted molar refractivity (Wildman–Crippen MR) is 118 cm³/mol. The Labute approximate surface area is 184 Å². The van der Waals surface area contributed by atoms with Gasteiger partial charge in [-0.05, 0) is 36.1 Å². The molecule has 2 aromatic heterocycles. The normalized spacial score (nSPS) is 20.2. The first kappa shape index (κ1) is 20.2. The highest BCUT2D eigenvalue weighted by molar-refractivity contribution is 6.21. The molecule has 0 amide bonds. The third-order valence-electron chi connectivity index (χ3n) is 6.75. The monoisotopic (exact) mass is 438 g/mol. The van der Waals surface area contributed by atoms with Crippen molar-refractivity contribution in [1.29, 1.82) is 0 Å². The number of benzene rings is 1. The van der Waals surface area contributed by atoms with Crippen molar-refractivity contribution in [1.82, 2.24) is 9.55 Å². The maximum absolute atomic E-state index is 13.4. The van der Waals surface area contributed by atoms with E-state index in [0.29, 0.717) is 29.8 Å². The molecule has 2 aliphatic rings. The number of aliphatic hydroxyl groups excluding tert-OH is 1. The molecule has 6 nitrogen and oxygen atoms in total. The lowest BCUT2D eigenvalue weighted by atomic mass is 9.75. The summed E-state index contributed by atoms with van der Waals surface area (Å²) >= 11 is 6.56. The molecule has 0 spiro atoms. The molecule has 2 aliphatic heterocycles. The van der Waals surface area contributed by atoms with Crippen LogP contribution < -0.4 is 5.56 Å². The van der Waals surface area contributed by atoms with Crippen molar-refractivity contribution < 1.29 is 14.6 Å². The number of rotatable bonds is 4. The number of carbonyl (C=O) groups is 1. The zero-order chi connectivity index (χ0) is 21.9. The second kappa shape index (κ2) is 7.18. The second-order valence-corrected chi connectivity index (χ2v) is 8.80. The molecule has 0 radical (unpaired) electrons. The number of halogens is 1. The number of alkyl halides is 1. The van der Waals surface area contributed by atoms with Gasteiger partial charge in [0.25, 0.3) is 5.56 Å². The summed E-state index contributed by atoms with van der Waals surface area (Å²) < 4.78 is 6.98. The van der Waals surface area contributed by atoms with Gasteiger partial charge in [0.15, 0.2) is 0 Å². The SMILES string of the molecule is CCC(Cl)c1cccc2cc3c(nc12)-c1cc2c(c(=O)n1C3)COC(=O)C2(CC)CO. The van der Waals surface area contributed by atoms with Crippen molar-refractivity contribution >= 4 is 28.5 Å². The number of ether oxygens (including phenoxy) is 1. The molecule has 0 saturated heterocycles. The summed E-state index contributed by atoms with van der Waals surface area (Å²) in [5.41, 5.74) is 3.69. The van der Waals surface area contributed by atoms with Gasteiger partial charge in [-0.15, -0.1) is 11.6 Å². The third-order valence-corrected chi connectivity index (χ3v) is 7.29. The minimum Gasteiger partial charge on any atom is -0.460 e. The Balaban J connectivity index is 1.79. The molecule has 2 unspecified atom stereocenters. The summed E-state index contributed by atoms with van der Waals surface area (Å²) in [6, 6.07) is 9.88. The molecule has 0 fully saturated rings. The van der Waals surface area contributed by atoms with Crippen LogP contribution in [0.5, 0.6) is 0 Å². The fraction of sp³-hybridized carbons (Fsp3) is 0.375. The van der Waals surface area contributed by atoms with E-state index in [2.05, 4.69) is 6.07 Å². The van der Waals surface area contributed by atoms with Crippen LogP contribution in [0.1, 0.15) is 54.3 Å². The molecule has 160 valence electrons. The van der Waals surface area contributed by atoms with Crippen molar-refractivity contribution in [3.8, 4) is 11.4 Å². The highest BCUT2D eigenvalue weighted by atomic mass is 35.5. The number of cyclic esters (lactones) is 1. The minimum absolute atomic E-state index is 0.0741. The molecule has 2 atom stereocenters. The summed E-state index contributed by atoms with van der Waals surface area (Å²) in [5, 5.41) is 10.9. The van der Waals surface area contributed by atoms with Gasteiger partial charge in [-0.3, -0.25) is 9.59 Å². The molecular weight excluding hydrogens is 416 g/mol. The topological polar surface area (TPSA) is 81.4 Å². The Kier molecular flexibility index (Phi) is 4.68. The molecular formula is C24H23ClN2O4. The Bertz CT molecular complexity index is 1290. The Morgan fingerprint density at radius 2 is 2.10 bits per heavy atom. The fourth-order valence-corrected chi connectivity index (χ4v) is 5.02. The number of aliphatic hydroxyl groups is 1. The number of pyridine rings is 2. The Morgan fingerprint density at radius 3 is 2.81 bits per heavy atom. The number of carbonyl (C=O) groups excluding carboxylic acids is 1. The molecule has 1 N–H and O–H groups in total. The number of fused-ring (bicyclic) bond motifs is 5. The van der Waals surface area contributed by atoms with E-state index >= 15 is 0 Å². The standard InChI is InChI=1S/C24H23ClN2O4/c1-3-18(25)15-7-5-6-13-8-14-10-27-19(21(14)26-20(13)15)9-17-16(22(27)29)11-31-23(30)24(17,4-2)12-28/h5-9,18,28H,3-4,10-12H2,1-2H3. The van der Waals surface area contributed by atoms with E-state index in [0.717, 1.165) is 34.1 Å². The summed E-state index contributed by atoms with van der Waals surface area (Å²) in [5.74, 6) is -0.491. The van der Waals surface area contributed by atoms with Gasteiger partial charge in [0.05, 0.1) is 41.0 Å². The van der Waals surface area contributed by atoms with E-state index < -0.39 is 18.0 Å². The molecule has 1 aromatic carbocycles. The lowest BCUT2D eigenvalue weighted by Gasteiger charge is -2.34. The molecule has 3 aromatic rings. The van der Waals surface area contributed by atoms with Crippen molar-refractivity contribution in [2.24, 2.45) is 0 Å². The van der Waals surface area contributed by atoms with E-state index in [1.54, 1.807) is 4.57 Å². The number of esters is 1. The van der Waals surface area contributed by atoms with Gasteiger partial charge >= 0.3 is 5.97 Å². The quantitative estimate of drug-likeness (QED) is 0.387. The summed E-state index contributed by atoms with van der Waals surface area (Å²) in [4.78, 5) is 30.9. The van der Waals surface area contributed by atoms with Crippen LogP contribution in [-0.2, 0) is 28.1 Å². The summed E-state index contributed by atoms with van der Waals surface area (Å²) in [7, 11) is 0. The van der Waals surface area contributed by atoms with Crippen LogP contribution in [0.25, 0.3) is 22.3 Å². The van der Waals surface area contributed by atoms with E-state index in [4.69, 9.17) is 21.3 Å². The summed E-state index contributed by atoms with van der Waals surface area (Å²) in [6.45, 7) is 3.77. The number of hydrogen-bond donors (Lipinski definition) is 1. The number of aromatic nitrogens is 2. The number of para-hydroxylation sites is 1. The third kappa shape index (κ3) is 2.71. The van der Waals surface area contributed by atoms with Crippen LogP contribution in [0.3, 0.4) is 0 Å². The van der Waals surface area contributed by atoms with Crippen LogP contribution in [-0.4, -0.2) is 27.2 Å². The summed E-state index contributed by atoms with van der Waals surface area (Å²) in [6.07, 6.45) is 1.12. The molecule has 0 aliphatic carbocycles. The van der Waals surface area contributed by atoms with E-state index in [1.807, 2.05) is 38.1 Å². The molecule has 4 heterocycles. The smallest absolute Gasteiger partial charge is 0.319 e. The fourth-order valence-electron chi connectivity index (χ4n) is 4.84. The van der Waals surface area contributed by atoms with Gasteiger partial charge in [0.2, 0.25) is 0 Å². The van der Waals surface area contributed by atoms with Crippen molar-refractivity contribution in [3.05, 3.63) is 62.9 Å².